The zero-order valence-corrected chi connectivity index (χ0v) is 12.5. The smallest absolute Gasteiger partial charge is 0.137 e. The number of fused-ring (bicyclic) bond motifs is 2. The minimum atomic E-state index is 0.514. The second-order valence-corrected chi connectivity index (χ2v) is 6.46. The first-order valence-corrected chi connectivity index (χ1v) is 8.22. The van der Waals surface area contributed by atoms with Gasteiger partial charge in [-0.2, -0.15) is 0 Å². The van der Waals surface area contributed by atoms with Gasteiger partial charge < -0.3 is 10.6 Å². The van der Waals surface area contributed by atoms with Gasteiger partial charge in [0.05, 0.1) is 5.69 Å². The Bertz CT molecular complexity index is 652. The highest BCUT2D eigenvalue weighted by molar-refractivity contribution is 5.92. The third-order valence-electron chi connectivity index (χ3n) is 5.26. The molecule has 2 atom stereocenters. The number of hydrogen-bond donors (Lipinski definition) is 1. The van der Waals surface area contributed by atoms with Crippen LogP contribution in [0.25, 0.3) is 10.8 Å². The molecule has 2 aliphatic rings. The van der Waals surface area contributed by atoms with E-state index in [0.29, 0.717) is 12.6 Å². The van der Waals surface area contributed by atoms with E-state index < -0.39 is 0 Å². The van der Waals surface area contributed by atoms with Gasteiger partial charge in [-0.05, 0) is 36.6 Å². The third kappa shape index (κ3) is 2.20. The Morgan fingerprint density at radius 3 is 2.90 bits per heavy atom. The average molecular weight is 281 g/mol. The van der Waals surface area contributed by atoms with Crippen LogP contribution in [0.15, 0.2) is 30.3 Å². The maximum atomic E-state index is 5.86. The van der Waals surface area contributed by atoms with Gasteiger partial charge in [-0.15, -0.1) is 0 Å². The van der Waals surface area contributed by atoms with Crippen LogP contribution in [-0.4, -0.2) is 17.6 Å². The summed E-state index contributed by atoms with van der Waals surface area (Å²) < 4.78 is 0. The Balaban J connectivity index is 1.81. The van der Waals surface area contributed by atoms with Gasteiger partial charge in [-0.3, -0.25) is 0 Å². The molecule has 21 heavy (non-hydrogen) atoms. The molecule has 3 heteroatoms. The summed E-state index contributed by atoms with van der Waals surface area (Å²) in [6.07, 6.45) is 6.83. The van der Waals surface area contributed by atoms with E-state index in [1.54, 1.807) is 0 Å². The molecule has 1 aromatic carbocycles. The van der Waals surface area contributed by atoms with Crippen LogP contribution in [0.4, 0.5) is 5.82 Å². The summed E-state index contributed by atoms with van der Waals surface area (Å²) in [6, 6.07) is 11.4. The first kappa shape index (κ1) is 13.1. The zero-order chi connectivity index (χ0) is 14.2. The molecule has 0 amide bonds. The summed E-state index contributed by atoms with van der Waals surface area (Å²) in [7, 11) is 0. The van der Waals surface area contributed by atoms with Crippen molar-refractivity contribution in [2.24, 2.45) is 11.7 Å². The number of hydrogen-bond acceptors (Lipinski definition) is 3. The highest BCUT2D eigenvalue weighted by Gasteiger charge is 2.36. The van der Waals surface area contributed by atoms with E-state index in [1.165, 1.54) is 48.7 Å². The molecule has 110 valence electrons. The van der Waals surface area contributed by atoms with Crippen LogP contribution >= 0.6 is 0 Å². The predicted molar refractivity (Wildman–Crippen MR) is 87.3 cm³/mol. The van der Waals surface area contributed by atoms with Crippen molar-refractivity contribution in [3.63, 3.8) is 0 Å². The SMILES string of the molecule is NCc1cc2ccccc2c(N2CCC3CCCCC32)n1. The number of pyridine rings is 1. The van der Waals surface area contributed by atoms with Crippen molar-refractivity contribution >= 4 is 16.6 Å². The summed E-state index contributed by atoms with van der Waals surface area (Å²) in [6.45, 7) is 1.67. The normalized spacial score (nSPS) is 25.3. The molecule has 2 unspecified atom stereocenters. The quantitative estimate of drug-likeness (QED) is 0.916. The summed E-state index contributed by atoms with van der Waals surface area (Å²) in [5, 5.41) is 2.54. The molecule has 2 fully saturated rings. The van der Waals surface area contributed by atoms with Gasteiger partial charge in [0.2, 0.25) is 0 Å². The first-order chi connectivity index (χ1) is 10.4. The highest BCUT2D eigenvalue weighted by atomic mass is 15.2. The van der Waals surface area contributed by atoms with E-state index in [9.17, 15) is 0 Å². The van der Waals surface area contributed by atoms with E-state index >= 15 is 0 Å². The van der Waals surface area contributed by atoms with Crippen molar-refractivity contribution in [3.05, 3.63) is 36.0 Å². The maximum Gasteiger partial charge on any atom is 0.137 e. The zero-order valence-electron chi connectivity index (χ0n) is 12.5. The second kappa shape index (κ2) is 5.30. The van der Waals surface area contributed by atoms with Crippen LogP contribution in [0.1, 0.15) is 37.8 Å². The van der Waals surface area contributed by atoms with Crippen molar-refractivity contribution in [1.29, 1.82) is 0 Å². The first-order valence-electron chi connectivity index (χ1n) is 8.22. The van der Waals surface area contributed by atoms with Crippen molar-refractivity contribution < 1.29 is 0 Å². The molecule has 1 saturated heterocycles. The van der Waals surface area contributed by atoms with Gasteiger partial charge in [-0.1, -0.05) is 37.1 Å². The molecule has 1 aromatic heterocycles. The van der Waals surface area contributed by atoms with E-state index in [4.69, 9.17) is 10.7 Å². The topological polar surface area (TPSA) is 42.1 Å². The van der Waals surface area contributed by atoms with E-state index in [-0.39, 0.29) is 0 Å². The van der Waals surface area contributed by atoms with Crippen molar-refractivity contribution in [2.75, 3.05) is 11.4 Å². The van der Waals surface area contributed by atoms with Crippen LogP contribution in [0.3, 0.4) is 0 Å². The number of rotatable bonds is 2. The highest BCUT2D eigenvalue weighted by Crippen LogP contribution is 2.40. The van der Waals surface area contributed by atoms with Gasteiger partial charge >= 0.3 is 0 Å². The van der Waals surface area contributed by atoms with Crippen LogP contribution in [0.2, 0.25) is 0 Å². The molecule has 0 bridgehead atoms. The van der Waals surface area contributed by atoms with Crippen molar-refractivity contribution in [3.8, 4) is 0 Å². The Labute approximate surface area is 126 Å². The van der Waals surface area contributed by atoms with Gasteiger partial charge in [-0.25, -0.2) is 4.98 Å². The molecule has 4 rings (SSSR count). The van der Waals surface area contributed by atoms with Crippen LogP contribution < -0.4 is 10.6 Å². The van der Waals surface area contributed by atoms with Gasteiger partial charge in [0.25, 0.3) is 0 Å². The van der Waals surface area contributed by atoms with Crippen molar-refractivity contribution in [1.82, 2.24) is 4.98 Å². The lowest BCUT2D eigenvalue weighted by Gasteiger charge is -2.33. The molecule has 1 saturated carbocycles. The molecular formula is C18H23N3. The second-order valence-electron chi connectivity index (χ2n) is 6.46. The fourth-order valence-corrected chi connectivity index (χ4v) is 4.23. The average Bonchev–Trinajstić information content (AvgIpc) is 2.97. The van der Waals surface area contributed by atoms with Crippen LogP contribution in [0.5, 0.6) is 0 Å². The van der Waals surface area contributed by atoms with Gasteiger partial charge in [0.15, 0.2) is 0 Å². The summed E-state index contributed by atoms with van der Waals surface area (Å²) >= 11 is 0. The number of nitrogens with zero attached hydrogens (tertiary/aromatic N) is 2. The fourth-order valence-electron chi connectivity index (χ4n) is 4.23. The fraction of sp³-hybridized carbons (Fsp3) is 0.500. The third-order valence-corrected chi connectivity index (χ3v) is 5.26. The molecule has 0 radical (unpaired) electrons. The Kier molecular flexibility index (Phi) is 3.30. The Morgan fingerprint density at radius 2 is 2.00 bits per heavy atom. The number of nitrogens with two attached hydrogens (primary N) is 1. The molecule has 3 nitrogen and oxygen atoms in total. The number of anilines is 1. The Hall–Kier alpha value is -1.61. The lowest BCUT2D eigenvalue weighted by molar-refractivity contribution is 0.341. The Morgan fingerprint density at radius 1 is 1.14 bits per heavy atom. The lowest BCUT2D eigenvalue weighted by Crippen LogP contribution is -2.35. The maximum absolute atomic E-state index is 5.86. The molecule has 2 N–H and O–H groups in total. The minimum Gasteiger partial charge on any atom is -0.353 e. The lowest BCUT2D eigenvalue weighted by atomic mass is 9.85. The standard InChI is InChI=1S/C18H23N3/c19-12-15-11-14-6-1-3-7-16(14)18(20-15)21-10-9-13-5-2-4-8-17(13)21/h1,3,6-7,11,13,17H,2,4-5,8-10,12,19H2. The number of benzene rings is 1. The predicted octanol–water partition coefficient (Wildman–Crippen LogP) is 3.46. The van der Waals surface area contributed by atoms with E-state index in [1.807, 2.05) is 0 Å². The minimum absolute atomic E-state index is 0.514. The molecule has 2 aromatic rings. The molecule has 2 heterocycles. The van der Waals surface area contributed by atoms with Gasteiger partial charge in [0, 0.05) is 24.5 Å². The van der Waals surface area contributed by atoms with Crippen molar-refractivity contribution in [2.45, 2.75) is 44.7 Å². The monoisotopic (exact) mass is 281 g/mol. The summed E-state index contributed by atoms with van der Waals surface area (Å²) in [5.41, 5.74) is 6.86. The molecular weight excluding hydrogens is 258 g/mol. The summed E-state index contributed by atoms with van der Waals surface area (Å²) in [4.78, 5) is 7.47. The van der Waals surface area contributed by atoms with Gasteiger partial charge in [0.1, 0.15) is 5.82 Å². The largest absolute Gasteiger partial charge is 0.353 e. The van der Waals surface area contributed by atoms with Crippen LogP contribution in [0, 0.1) is 5.92 Å². The molecule has 1 aliphatic heterocycles. The summed E-state index contributed by atoms with van der Waals surface area (Å²) in [5.74, 6) is 2.05. The van der Waals surface area contributed by atoms with E-state index in [2.05, 4.69) is 35.2 Å². The molecule has 0 spiro atoms. The van der Waals surface area contributed by atoms with Crippen LogP contribution in [-0.2, 0) is 6.54 Å². The van der Waals surface area contributed by atoms with E-state index in [0.717, 1.165) is 18.2 Å². The number of aromatic nitrogens is 1. The molecule has 1 aliphatic carbocycles.